The molecule has 0 saturated carbocycles. The van der Waals surface area contributed by atoms with Gasteiger partial charge in [0.2, 0.25) is 0 Å². The van der Waals surface area contributed by atoms with E-state index < -0.39 is 5.82 Å². The second kappa shape index (κ2) is 6.42. The molecule has 0 aliphatic carbocycles. The summed E-state index contributed by atoms with van der Waals surface area (Å²) < 4.78 is 20.4. The minimum absolute atomic E-state index is 0.153. The van der Waals surface area contributed by atoms with Crippen molar-refractivity contribution in [2.45, 2.75) is 12.5 Å². The quantitative estimate of drug-likeness (QED) is 0.779. The number of halogens is 1. The second-order valence-corrected chi connectivity index (χ2v) is 6.44. The summed E-state index contributed by atoms with van der Waals surface area (Å²) in [5, 5.41) is 0. The third-order valence-corrected chi connectivity index (χ3v) is 4.68. The van der Waals surface area contributed by atoms with Gasteiger partial charge in [0, 0.05) is 37.0 Å². The van der Waals surface area contributed by atoms with Crippen molar-refractivity contribution in [2.75, 3.05) is 25.1 Å². The highest BCUT2D eigenvalue weighted by molar-refractivity contribution is 5.63. The number of ether oxygens (including phenoxy) is 1. The summed E-state index contributed by atoms with van der Waals surface area (Å²) in [5.74, 6) is -0.340. The summed E-state index contributed by atoms with van der Waals surface area (Å²) in [5.41, 5.74) is 8.15. The van der Waals surface area contributed by atoms with Crippen LogP contribution in [-0.4, -0.2) is 35.6 Å². The van der Waals surface area contributed by atoms with Gasteiger partial charge in [0.25, 0.3) is 5.56 Å². The van der Waals surface area contributed by atoms with Crippen LogP contribution >= 0.6 is 0 Å². The van der Waals surface area contributed by atoms with Crippen molar-refractivity contribution < 1.29 is 9.13 Å². The number of rotatable bonds is 3. The predicted octanol–water partition coefficient (Wildman–Crippen LogP) is 2.05. The van der Waals surface area contributed by atoms with Crippen molar-refractivity contribution in [1.82, 2.24) is 9.38 Å². The van der Waals surface area contributed by atoms with E-state index in [-0.39, 0.29) is 17.4 Å². The first-order valence-electron chi connectivity index (χ1n) is 8.43. The molecule has 26 heavy (non-hydrogen) atoms. The smallest absolute Gasteiger partial charge is 0.258 e. The van der Waals surface area contributed by atoms with E-state index in [9.17, 15) is 9.18 Å². The van der Waals surface area contributed by atoms with Crippen molar-refractivity contribution in [1.29, 1.82) is 0 Å². The van der Waals surface area contributed by atoms with E-state index in [0.717, 1.165) is 25.2 Å². The molecule has 7 heteroatoms. The number of hydrogen-bond acceptors (Lipinski definition) is 5. The Bertz CT molecular complexity index is 1030. The molecule has 1 aliphatic heterocycles. The van der Waals surface area contributed by atoms with Gasteiger partial charge in [-0.05, 0) is 36.8 Å². The van der Waals surface area contributed by atoms with E-state index in [1.54, 1.807) is 18.3 Å². The normalized spacial score (nSPS) is 17.0. The second-order valence-electron chi connectivity index (χ2n) is 6.44. The molecular weight excluding hydrogens is 335 g/mol. The maximum atomic E-state index is 14.0. The van der Waals surface area contributed by atoms with Gasteiger partial charge in [0.1, 0.15) is 5.65 Å². The Morgan fingerprint density at radius 2 is 2.12 bits per heavy atom. The van der Waals surface area contributed by atoms with Crippen LogP contribution in [0.15, 0.2) is 47.4 Å². The van der Waals surface area contributed by atoms with Crippen LogP contribution in [0.1, 0.15) is 6.42 Å². The first-order valence-corrected chi connectivity index (χ1v) is 8.43. The lowest BCUT2D eigenvalue weighted by Gasteiger charge is -2.18. The molecule has 1 fully saturated rings. The lowest BCUT2D eigenvalue weighted by Crippen LogP contribution is -2.27. The fourth-order valence-electron chi connectivity index (χ4n) is 3.27. The van der Waals surface area contributed by atoms with E-state index in [0.29, 0.717) is 16.9 Å². The average Bonchev–Trinajstić information content (AvgIpc) is 3.07. The van der Waals surface area contributed by atoms with E-state index >= 15 is 0 Å². The molecule has 1 aliphatic rings. The number of anilines is 1. The van der Waals surface area contributed by atoms with Gasteiger partial charge in [0.15, 0.2) is 11.6 Å². The van der Waals surface area contributed by atoms with Crippen molar-refractivity contribution >= 4 is 11.3 Å². The molecular formula is C19H19FN4O2. The van der Waals surface area contributed by atoms with Crippen LogP contribution < -0.4 is 20.9 Å². The number of hydrogen-bond donors (Lipinski definition) is 1. The molecule has 3 heterocycles. The number of aromatic nitrogens is 2. The monoisotopic (exact) mass is 354 g/mol. The van der Waals surface area contributed by atoms with Gasteiger partial charge in [-0.25, -0.2) is 9.37 Å². The highest BCUT2D eigenvalue weighted by Gasteiger charge is 2.20. The van der Waals surface area contributed by atoms with E-state index in [4.69, 9.17) is 10.5 Å². The third-order valence-electron chi connectivity index (χ3n) is 4.68. The van der Waals surface area contributed by atoms with Gasteiger partial charge in [0.05, 0.1) is 18.5 Å². The molecule has 3 aromatic rings. The molecule has 0 radical (unpaired) electrons. The van der Waals surface area contributed by atoms with Gasteiger partial charge < -0.3 is 15.4 Å². The van der Waals surface area contributed by atoms with Crippen LogP contribution in [0.2, 0.25) is 0 Å². The molecule has 0 spiro atoms. The van der Waals surface area contributed by atoms with Crippen molar-refractivity contribution in [3.8, 4) is 17.0 Å². The zero-order valence-electron chi connectivity index (χ0n) is 14.4. The fraction of sp³-hybridized carbons (Fsp3) is 0.263. The minimum atomic E-state index is -0.493. The molecule has 4 rings (SSSR count). The maximum Gasteiger partial charge on any atom is 0.258 e. The van der Waals surface area contributed by atoms with Gasteiger partial charge in [-0.2, -0.15) is 0 Å². The molecule has 0 bridgehead atoms. The summed E-state index contributed by atoms with van der Waals surface area (Å²) >= 11 is 0. The Kier molecular flexibility index (Phi) is 4.08. The molecule has 0 amide bonds. The molecule has 2 aromatic heterocycles. The highest BCUT2D eigenvalue weighted by Crippen LogP contribution is 2.25. The Labute approximate surface area is 149 Å². The highest BCUT2D eigenvalue weighted by atomic mass is 19.1. The van der Waals surface area contributed by atoms with E-state index in [1.165, 1.54) is 29.7 Å². The van der Waals surface area contributed by atoms with Crippen molar-refractivity contribution in [3.63, 3.8) is 0 Å². The van der Waals surface area contributed by atoms with Crippen LogP contribution in [0.3, 0.4) is 0 Å². The molecule has 1 saturated heterocycles. The van der Waals surface area contributed by atoms with Gasteiger partial charge in [-0.3, -0.25) is 9.20 Å². The van der Waals surface area contributed by atoms with Crippen LogP contribution in [0.4, 0.5) is 10.1 Å². The zero-order chi connectivity index (χ0) is 18.3. The standard InChI is InChI=1S/C19H19FN4O2/c1-26-17-4-2-12(8-15(17)20)16-9-19(25)24-11-14(3-5-18(24)22-16)23-7-6-13(21)10-23/h2-5,8-9,11,13H,6-7,10,21H2,1H3. The topological polar surface area (TPSA) is 72.9 Å². The first-order chi connectivity index (χ1) is 12.5. The maximum absolute atomic E-state index is 14.0. The van der Waals surface area contributed by atoms with E-state index in [1.807, 2.05) is 6.07 Å². The first kappa shape index (κ1) is 16.5. The van der Waals surface area contributed by atoms with Gasteiger partial charge >= 0.3 is 0 Å². The Morgan fingerprint density at radius 1 is 1.27 bits per heavy atom. The number of nitrogens with two attached hydrogens (primary N) is 1. The Hall–Kier alpha value is -2.93. The third kappa shape index (κ3) is 2.90. The Balaban J connectivity index is 1.75. The zero-order valence-corrected chi connectivity index (χ0v) is 14.4. The SMILES string of the molecule is COc1ccc(-c2cc(=O)n3cc(N4CCC(N)C4)ccc3n2)cc1F. The number of methoxy groups -OCH3 is 1. The summed E-state index contributed by atoms with van der Waals surface area (Å²) in [7, 11) is 1.41. The number of benzene rings is 1. The molecule has 6 nitrogen and oxygen atoms in total. The van der Waals surface area contributed by atoms with Crippen LogP contribution in [0.25, 0.3) is 16.9 Å². The molecule has 2 N–H and O–H groups in total. The predicted molar refractivity (Wildman–Crippen MR) is 98.2 cm³/mol. The van der Waals surface area contributed by atoms with Crippen LogP contribution in [0.5, 0.6) is 5.75 Å². The molecule has 134 valence electrons. The van der Waals surface area contributed by atoms with Gasteiger partial charge in [-0.1, -0.05) is 0 Å². The van der Waals surface area contributed by atoms with Crippen molar-refractivity contribution in [3.05, 3.63) is 58.8 Å². The number of pyridine rings is 1. The summed E-state index contributed by atoms with van der Waals surface area (Å²) in [6.07, 6.45) is 2.72. The summed E-state index contributed by atoms with van der Waals surface area (Å²) in [4.78, 5) is 19.2. The molecule has 1 unspecified atom stereocenters. The number of fused-ring (bicyclic) bond motifs is 1. The minimum Gasteiger partial charge on any atom is -0.494 e. The van der Waals surface area contributed by atoms with Crippen LogP contribution in [-0.2, 0) is 0 Å². The van der Waals surface area contributed by atoms with Gasteiger partial charge in [-0.15, -0.1) is 0 Å². The van der Waals surface area contributed by atoms with Crippen molar-refractivity contribution in [2.24, 2.45) is 5.73 Å². The summed E-state index contributed by atoms with van der Waals surface area (Å²) in [6, 6.07) is 9.81. The molecule has 1 aromatic carbocycles. The van der Waals surface area contributed by atoms with E-state index in [2.05, 4.69) is 9.88 Å². The molecule has 1 atom stereocenters. The summed E-state index contributed by atoms with van der Waals surface area (Å²) in [6.45, 7) is 1.65. The fourth-order valence-corrected chi connectivity index (χ4v) is 3.27. The lowest BCUT2D eigenvalue weighted by atomic mass is 10.1. The lowest BCUT2D eigenvalue weighted by molar-refractivity contribution is 0.386. The largest absolute Gasteiger partial charge is 0.494 e. The average molecular weight is 354 g/mol. The number of nitrogens with zero attached hydrogens (tertiary/aromatic N) is 3. The Morgan fingerprint density at radius 3 is 2.81 bits per heavy atom. The van der Waals surface area contributed by atoms with Crippen LogP contribution in [0, 0.1) is 5.82 Å².